The molecule has 0 atom stereocenters. The molecule has 24 heavy (non-hydrogen) atoms. The molecule has 0 bridgehead atoms. The molecule has 0 aliphatic rings. The summed E-state index contributed by atoms with van der Waals surface area (Å²) in [6, 6.07) is 0. The van der Waals surface area contributed by atoms with Crippen LogP contribution in [0.4, 0.5) is 0 Å². The zero-order chi connectivity index (χ0) is 18.6. The molecule has 8 nitrogen and oxygen atoms in total. The molecule has 9 heteroatoms. The van der Waals surface area contributed by atoms with Crippen LogP contribution in [0, 0.1) is 0 Å². The Hall–Kier alpha value is -1.35. The minimum Gasteiger partial charge on any atom is -0.357 e. The van der Waals surface area contributed by atoms with E-state index in [0.717, 1.165) is 0 Å². The standard InChI is InChI=1S/C15H33N5O3S/c1-6-16-15(17-11-10-12-18-24(22,23)9-4)19(5)13-14(21)20(7-2)8-3/h18H,6-13H2,1-5H3,(H,16,17). The fraction of sp³-hybridized carbons (Fsp3) is 0.867. The van der Waals surface area contributed by atoms with Crippen LogP contribution >= 0.6 is 0 Å². The maximum absolute atomic E-state index is 12.2. The van der Waals surface area contributed by atoms with Gasteiger partial charge in [0.1, 0.15) is 0 Å². The summed E-state index contributed by atoms with van der Waals surface area (Å²) in [5.41, 5.74) is 0. The van der Waals surface area contributed by atoms with Gasteiger partial charge < -0.3 is 15.1 Å². The number of carbonyl (C=O) groups excluding carboxylic acids is 1. The van der Waals surface area contributed by atoms with Gasteiger partial charge in [0.2, 0.25) is 15.9 Å². The first-order valence-electron chi connectivity index (χ1n) is 8.55. The van der Waals surface area contributed by atoms with Crippen molar-refractivity contribution >= 4 is 21.9 Å². The Balaban J connectivity index is 4.52. The SMILES string of the molecule is CCNC(=NCCCNS(=O)(=O)CC)N(C)CC(=O)N(CC)CC. The largest absolute Gasteiger partial charge is 0.357 e. The number of sulfonamides is 1. The molecule has 0 aliphatic heterocycles. The van der Waals surface area contributed by atoms with E-state index in [2.05, 4.69) is 15.0 Å². The van der Waals surface area contributed by atoms with Crippen LogP contribution in [0.1, 0.15) is 34.1 Å². The fourth-order valence-corrected chi connectivity index (χ4v) is 2.68. The molecule has 0 unspecified atom stereocenters. The number of carbonyl (C=O) groups is 1. The van der Waals surface area contributed by atoms with Crippen molar-refractivity contribution in [1.29, 1.82) is 0 Å². The van der Waals surface area contributed by atoms with Crippen molar-refractivity contribution in [2.75, 3.05) is 52.1 Å². The maximum atomic E-state index is 12.2. The first kappa shape index (κ1) is 22.6. The first-order valence-corrected chi connectivity index (χ1v) is 10.2. The van der Waals surface area contributed by atoms with Crippen LogP contribution in [0.2, 0.25) is 0 Å². The Labute approximate surface area is 146 Å². The highest BCUT2D eigenvalue weighted by Crippen LogP contribution is 1.94. The van der Waals surface area contributed by atoms with Gasteiger partial charge in [-0.05, 0) is 34.1 Å². The fourth-order valence-electron chi connectivity index (χ4n) is 2.02. The van der Waals surface area contributed by atoms with E-state index in [4.69, 9.17) is 0 Å². The van der Waals surface area contributed by atoms with Crippen LogP contribution in [0.5, 0.6) is 0 Å². The number of aliphatic imine (C=N–C) groups is 1. The van der Waals surface area contributed by atoms with E-state index in [-0.39, 0.29) is 18.2 Å². The minimum absolute atomic E-state index is 0.0591. The monoisotopic (exact) mass is 363 g/mol. The molecule has 0 aliphatic carbocycles. The number of hydrogen-bond donors (Lipinski definition) is 2. The molecule has 0 heterocycles. The molecule has 142 valence electrons. The van der Waals surface area contributed by atoms with Crippen molar-refractivity contribution in [3.05, 3.63) is 0 Å². The number of hydrogen-bond acceptors (Lipinski definition) is 4. The second-order valence-corrected chi connectivity index (χ2v) is 7.40. The average molecular weight is 364 g/mol. The van der Waals surface area contributed by atoms with E-state index in [1.54, 1.807) is 16.7 Å². The van der Waals surface area contributed by atoms with E-state index >= 15 is 0 Å². The molecule has 0 fully saturated rings. The summed E-state index contributed by atoms with van der Waals surface area (Å²) in [7, 11) is -1.33. The van der Waals surface area contributed by atoms with Crippen LogP contribution in [0.3, 0.4) is 0 Å². The van der Waals surface area contributed by atoms with Crippen LogP contribution in [0.25, 0.3) is 0 Å². The molecule has 0 rings (SSSR count). The van der Waals surface area contributed by atoms with Gasteiger partial charge in [0.25, 0.3) is 0 Å². The summed E-state index contributed by atoms with van der Waals surface area (Å²) >= 11 is 0. The highest BCUT2D eigenvalue weighted by atomic mass is 32.2. The highest BCUT2D eigenvalue weighted by Gasteiger charge is 2.14. The Morgan fingerprint density at radius 2 is 1.75 bits per heavy atom. The topological polar surface area (TPSA) is 94.1 Å². The lowest BCUT2D eigenvalue weighted by Crippen LogP contribution is -2.45. The van der Waals surface area contributed by atoms with Crippen LogP contribution in [-0.2, 0) is 14.8 Å². The molecule has 1 amide bonds. The van der Waals surface area contributed by atoms with Gasteiger partial charge in [-0.3, -0.25) is 9.79 Å². The lowest BCUT2D eigenvalue weighted by atomic mass is 10.4. The second-order valence-electron chi connectivity index (χ2n) is 5.31. The molecular weight excluding hydrogens is 330 g/mol. The van der Waals surface area contributed by atoms with Crippen LogP contribution in [-0.4, -0.2) is 82.2 Å². The third-order valence-electron chi connectivity index (χ3n) is 3.48. The molecule has 0 aromatic rings. The lowest BCUT2D eigenvalue weighted by Gasteiger charge is -2.25. The van der Waals surface area contributed by atoms with Gasteiger partial charge in [0.05, 0.1) is 12.3 Å². The lowest BCUT2D eigenvalue weighted by molar-refractivity contribution is -0.131. The van der Waals surface area contributed by atoms with Crippen LogP contribution in [0.15, 0.2) is 4.99 Å². The highest BCUT2D eigenvalue weighted by molar-refractivity contribution is 7.89. The van der Waals surface area contributed by atoms with Gasteiger partial charge >= 0.3 is 0 Å². The molecule has 0 spiro atoms. The number of nitrogens with zero attached hydrogens (tertiary/aromatic N) is 3. The van der Waals surface area contributed by atoms with Crippen molar-refractivity contribution in [3.63, 3.8) is 0 Å². The molecule has 0 aromatic carbocycles. The van der Waals surface area contributed by atoms with Gasteiger partial charge in [-0.1, -0.05) is 0 Å². The number of rotatable bonds is 11. The van der Waals surface area contributed by atoms with Crippen molar-refractivity contribution in [3.8, 4) is 0 Å². The predicted octanol–water partition coefficient (Wildman–Crippen LogP) is 0.0815. The van der Waals surface area contributed by atoms with E-state index in [1.807, 2.05) is 27.8 Å². The summed E-state index contributed by atoms with van der Waals surface area (Å²) in [4.78, 5) is 20.2. The van der Waals surface area contributed by atoms with Crippen molar-refractivity contribution in [2.45, 2.75) is 34.1 Å². The first-order chi connectivity index (χ1) is 11.3. The number of nitrogens with one attached hydrogen (secondary N) is 2. The minimum atomic E-state index is -3.15. The Morgan fingerprint density at radius 3 is 2.25 bits per heavy atom. The van der Waals surface area contributed by atoms with E-state index in [1.165, 1.54) is 0 Å². The van der Waals surface area contributed by atoms with E-state index < -0.39 is 10.0 Å². The predicted molar refractivity (Wildman–Crippen MR) is 98.6 cm³/mol. The Morgan fingerprint density at radius 1 is 1.12 bits per heavy atom. The number of likely N-dealkylation sites (N-methyl/N-ethyl adjacent to an activating group) is 2. The third kappa shape index (κ3) is 9.07. The molecule has 0 radical (unpaired) electrons. The molecular formula is C15H33N5O3S. The van der Waals surface area contributed by atoms with Crippen molar-refractivity contribution in [2.24, 2.45) is 4.99 Å². The maximum Gasteiger partial charge on any atom is 0.242 e. The smallest absolute Gasteiger partial charge is 0.242 e. The summed E-state index contributed by atoms with van der Waals surface area (Å²) < 4.78 is 25.2. The van der Waals surface area contributed by atoms with Gasteiger partial charge in [0, 0.05) is 39.8 Å². The van der Waals surface area contributed by atoms with Gasteiger partial charge in [0.15, 0.2) is 5.96 Å². The Bertz CT molecular complexity index is 489. The zero-order valence-corrected chi connectivity index (χ0v) is 16.4. The normalized spacial score (nSPS) is 12.1. The van der Waals surface area contributed by atoms with Gasteiger partial charge in [-0.2, -0.15) is 0 Å². The van der Waals surface area contributed by atoms with Crippen molar-refractivity contribution < 1.29 is 13.2 Å². The summed E-state index contributed by atoms with van der Waals surface area (Å²) in [5, 5.41) is 3.15. The molecule has 2 N–H and O–H groups in total. The zero-order valence-electron chi connectivity index (χ0n) is 15.6. The third-order valence-corrected chi connectivity index (χ3v) is 4.89. The Kier molecular flexibility index (Phi) is 11.4. The molecule has 0 saturated heterocycles. The summed E-state index contributed by atoms with van der Waals surface area (Å²) in [6.45, 7) is 10.7. The van der Waals surface area contributed by atoms with Crippen molar-refractivity contribution in [1.82, 2.24) is 19.8 Å². The quantitative estimate of drug-likeness (QED) is 0.308. The second kappa shape index (κ2) is 12.1. The summed E-state index contributed by atoms with van der Waals surface area (Å²) in [6.07, 6.45) is 0.603. The summed E-state index contributed by atoms with van der Waals surface area (Å²) in [5.74, 6) is 0.787. The van der Waals surface area contributed by atoms with Gasteiger partial charge in [-0.15, -0.1) is 0 Å². The molecule has 0 saturated carbocycles. The van der Waals surface area contributed by atoms with Crippen LogP contribution < -0.4 is 10.0 Å². The van der Waals surface area contributed by atoms with E-state index in [9.17, 15) is 13.2 Å². The average Bonchev–Trinajstić information content (AvgIpc) is 2.54. The number of amides is 1. The molecule has 0 aromatic heterocycles. The van der Waals surface area contributed by atoms with E-state index in [0.29, 0.717) is 45.1 Å². The number of guanidine groups is 1. The van der Waals surface area contributed by atoms with Gasteiger partial charge in [-0.25, -0.2) is 13.1 Å².